The van der Waals surface area contributed by atoms with Crippen molar-refractivity contribution in [2.75, 3.05) is 6.54 Å². The summed E-state index contributed by atoms with van der Waals surface area (Å²) in [6.45, 7) is 3.75. The Morgan fingerprint density at radius 3 is 2.17 bits per heavy atom. The number of rotatable bonds is 3. The summed E-state index contributed by atoms with van der Waals surface area (Å²) in [5.74, 6) is 0. The molecule has 18 heavy (non-hydrogen) atoms. The molecule has 3 fully saturated rings. The lowest BCUT2D eigenvalue weighted by Gasteiger charge is -2.25. The molecule has 0 bridgehead atoms. The summed E-state index contributed by atoms with van der Waals surface area (Å²) < 4.78 is 0. The minimum Gasteiger partial charge on any atom is -0.310 e. The first-order valence-corrected chi connectivity index (χ1v) is 8.35. The Bertz CT molecular complexity index is 254. The van der Waals surface area contributed by atoms with E-state index in [1.165, 1.54) is 70.8 Å². The second-order valence-electron chi connectivity index (χ2n) is 6.92. The van der Waals surface area contributed by atoms with E-state index >= 15 is 0 Å². The molecule has 1 N–H and O–H groups in total. The van der Waals surface area contributed by atoms with Crippen molar-refractivity contribution >= 4 is 0 Å². The monoisotopic (exact) mass is 250 g/mol. The Morgan fingerprint density at radius 1 is 0.833 bits per heavy atom. The molecule has 1 heterocycles. The predicted octanol–water partition coefficient (Wildman–Crippen LogP) is 3.31. The molecule has 0 aromatic carbocycles. The van der Waals surface area contributed by atoms with Crippen molar-refractivity contribution in [2.24, 2.45) is 0 Å². The first-order chi connectivity index (χ1) is 8.83. The summed E-state index contributed by atoms with van der Waals surface area (Å²) in [5.41, 5.74) is 0. The predicted molar refractivity (Wildman–Crippen MR) is 76.8 cm³/mol. The van der Waals surface area contributed by atoms with Crippen molar-refractivity contribution in [3.8, 4) is 0 Å². The summed E-state index contributed by atoms with van der Waals surface area (Å²) in [4.78, 5) is 2.76. The second kappa shape index (κ2) is 5.92. The summed E-state index contributed by atoms with van der Waals surface area (Å²) in [6, 6.07) is 3.37. The fraction of sp³-hybridized carbons (Fsp3) is 1.00. The zero-order chi connectivity index (χ0) is 12.4. The molecule has 0 aromatic heterocycles. The molecule has 1 aliphatic heterocycles. The molecule has 2 nitrogen and oxygen atoms in total. The highest BCUT2D eigenvalue weighted by Gasteiger charge is 2.39. The van der Waals surface area contributed by atoms with Gasteiger partial charge in [-0.05, 0) is 39.0 Å². The van der Waals surface area contributed by atoms with E-state index in [1.807, 2.05) is 0 Å². The highest BCUT2D eigenvalue weighted by Crippen LogP contribution is 2.33. The number of nitrogens with one attached hydrogen (secondary N) is 1. The van der Waals surface area contributed by atoms with Crippen LogP contribution in [0.3, 0.4) is 0 Å². The van der Waals surface area contributed by atoms with Gasteiger partial charge in [0, 0.05) is 30.7 Å². The van der Waals surface area contributed by atoms with Crippen molar-refractivity contribution in [3.63, 3.8) is 0 Å². The van der Waals surface area contributed by atoms with Gasteiger partial charge in [0.1, 0.15) is 0 Å². The Labute approximate surface area is 113 Å². The fourth-order valence-electron chi connectivity index (χ4n) is 4.05. The third-order valence-corrected chi connectivity index (χ3v) is 5.22. The standard InChI is InChI=1S/C16H30N2/c1-13-11-15(12-18(13)16-9-10-16)17-14-7-5-3-2-4-6-8-14/h13-17H,2-12H2,1H3. The van der Waals surface area contributed by atoms with Crippen LogP contribution in [0.4, 0.5) is 0 Å². The topological polar surface area (TPSA) is 15.3 Å². The molecule has 0 aromatic rings. The van der Waals surface area contributed by atoms with Crippen LogP contribution in [0.25, 0.3) is 0 Å². The van der Waals surface area contributed by atoms with Crippen LogP contribution in [0.2, 0.25) is 0 Å². The van der Waals surface area contributed by atoms with Crippen LogP contribution in [0, 0.1) is 0 Å². The fourth-order valence-corrected chi connectivity index (χ4v) is 4.05. The lowest BCUT2D eigenvalue weighted by atomic mass is 9.96. The Morgan fingerprint density at radius 2 is 1.50 bits per heavy atom. The lowest BCUT2D eigenvalue weighted by molar-refractivity contribution is 0.252. The zero-order valence-electron chi connectivity index (χ0n) is 12.0. The molecule has 0 amide bonds. The van der Waals surface area contributed by atoms with Gasteiger partial charge in [0.2, 0.25) is 0 Å². The summed E-state index contributed by atoms with van der Waals surface area (Å²) in [5, 5.41) is 3.99. The Kier molecular flexibility index (Phi) is 4.25. The van der Waals surface area contributed by atoms with Gasteiger partial charge in [0.15, 0.2) is 0 Å². The molecule has 3 aliphatic rings. The minimum absolute atomic E-state index is 0.782. The maximum absolute atomic E-state index is 3.99. The third-order valence-electron chi connectivity index (χ3n) is 5.22. The molecule has 2 atom stereocenters. The van der Waals surface area contributed by atoms with Crippen molar-refractivity contribution < 1.29 is 0 Å². The van der Waals surface area contributed by atoms with Gasteiger partial charge in [-0.1, -0.05) is 32.1 Å². The Balaban J connectivity index is 1.46. The minimum atomic E-state index is 0.782. The van der Waals surface area contributed by atoms with Gasteiger partial charge in [0.05, 0.1) is 0 Å². The summed E-state index contributed by atoms with van der Waals surface area (Å²) in [6.07, 6.45) is 14.5. The largest absolute Gasteiger partial charge is 0.310 e. The molecule has 2 heteroatoms. The van der Waals surface area contributed by atoms with E-state index in [2.05, 4.69) is 17.1 Å². The molecule has 0 spiro atoms. The molecular formula is C16H30N2. The third kappa shape index (κ3) is 3.27. The molecule has 1 saturated heterocycles. The van der Waals surface area contributed by atoms with Crippen LogP contribution in [-0.4, -0.2) is 35.6 Å². The van der Waals surface area contributed by atoms with E-state index in [1.54, 1.807) is 0 Å². The van der Waals surface area contributed by atoms with Crippen LogP contribution >= 0.6 is 0 Å². The SMILES string of the molecule is CC1CC(NC2CCCCCCC2)CN1C1CC1. The molecule has 3 rings (SSSR count). The van der Waals surface area contributed by atoms with Crippen molar-refractivity contribution in [1.82, 2.24) is 10.2 Å². The molecule has 2 saturated carbocycles. The van der Waals surface area contributed by atoms with Gasteiger partial charge in [-0.15, -0.1) is 0 Å². The summed E-state index contributed by atoms with van der Waals surface area (Å²) in [7, 11) is 0. The van der Waals surface area contributed by atoms with E-state index in [-0.39, 0.29) is 0 Å². The first kappa shape index (κ1) is 12.9. The zero-order valence-corrected chi connectivity index (χ0v) is 12.0. The molecule has 0 radical (unpaired) electrons. The van der Waals surface area contributed by atoms with Gasteiger partial charge in [-0.3, -0.25) is 4.90 Å². The van der Waals surface area contributed by atoms with Gasteiger partial charge in [-0.25, -0.2) is 0 Å². The van der Waals surface area contributed by atoms with Gasteiger partial charge in [0.25, 0.3) is 0 Å². The highest BCUT2D eigenvalue weighted by atomic mass is 15.3. The van der Waals surface area contributed by atoms with Crippen LogP contribution < -0.4 is 5.32 Å². The maximum Gasteiger partial charge on any atom is 0.0212 e. The lowest BCUT2D eigenvalue weighted by Crippen LogP contribution is -2.40. The number of likely N-dealkylation sites (tertiary alicyclic amines) is 1. The number of hydrogen-bond donors (Lipinski definition) is 1. The maximum atomic E-state index is 3.99. The van der Waals surface area contributed by atoms with E-state index in [9.17, 15) is 0 Å². The van der Waals surface area contributed by atoms with Gasteiger partial charge in [-0.2, -0.15) is 0 Å². The normalized spacial score (nSPS) is 36.5. The van der Waals surface area contributed by atoms with E-state index in [4.69, 9.17) is 0 Å². The molecule has 2 unspecified atom stereocenters. The van der Waals surface area contributed by atoms with Gasteiger partial charge >= 0.3 is 0 Å². The van der Waals surface area contributed by atoms with E-state index in [0.717, 1.165) is 24.2 Å². The van der Waals surface area contributed by atoms with Crippen molar-refractivity contribution in [1.29, 1.82) is 0 Å². The van der Waals surface area contributed by atoms with Crippen LogP contribution in [0.15, 0.2) is 0 Å². The first-order valence-electron chi connectivity index (χ1n) is 8.35. The van der Waals surface area contributed by atoms with E-state index < -0.39 is 0 Å². The number of hydrogen-bond acceptors (Lipinski definition) is 2. The van der Waals surface area contributed by atoms with Crippen LogP contribution in [0.5, 0.6) is 0 Å². The van der Waals surface area contributed by atoms with Gasteiger partial charge < -0.3 is 5.32 Å². The van der Waals surface area contributed by atoms with Crippen LogP contribution in [-0.2, 0) is 0 Å². The highest BCUT2D eigenvalue weighted by molar-refractivity contribution is 4.96. The smallest absolute Gasteiger partial charge is 0.0212 e. The number of nitrogens with zero attached hydrogens (tertiary/aromatic N) is 1. The molecule has 104 valence electrons. The molecular weight excluding hydrogens is 220 g/mol. The van der Waals surface area contributed by atoms with Crippen LogP contribution in [0.1, 0.15) is 71.1 Å². The Hall–Kier alpha value is -0.0800. The molecule has 2 aliphatic carbocycles. The quantitative estimate of drug-likeness (QED) is 0.826. The average molecular weight is 250 g/mol. The second-order valence-corrected chi connectivity index (χ2v) is 6.92. The van der Waals surface area contributed by atoms with E-state index in [0.29, 0.717) is 0 Å². The van der Waals surface area contributed by atoms with Crippen molar-refractivity contribution in [2.45, 2.75) is 95.3 Å². The average Bonchev–Trinajstić information content (AvgIpc) is 3.08. The summed E-state index contributed by atoms with van der Waals surface area (Å²) >= 11 is 0. The van der Waals surface area contributed by atoms with Crippen molar-refractivity contribution in [3.05, 3.63) is 0 Å².